The number of aliphatic hydroxyl groups is 4. The van der Waals surface area contributed by atoms with Crippen LogP contribution in [0.5, 0.6) is 0 Å². The second-order valence-corrected chi connectivity index (χ2v) is 17.3. The Kier molecular flexibility index (Phi) is 13.9. The molecule has 3 saturated heterocycles. The molecular weight excluding hydrogens is 710 g/mol. The van der Waals surface area contributed by atoms with Gasteiger partial charge in [0, 0.05) is 38.5 Å². The van der Waals surface area contributed by atoms with Crippen LogP contribution in [0.2, 0.25) is 0 Å². The summed E-state index contributed by atoms with van der Waals surface area (Å²) in [6, 6.07) is 9.62. The molecule has 312 valence electrons. The SMILES string of the molecule is CC[C@@H](O)[C@@](C)(O)[C@@H]1OC(=O)[C@H](C)[C@@H](O[C@H]2CC(C)(OC)[C@@H](O)C(C)O2)[C@H](C)[C@@H](O[C@@H]2OC(C)CC(NCc3ccccc3)C2O)[C@@]2(C)CC(C)=C(O2)[C@@H]1C. The Morgan fingerprint density at radius 3 is 2.35 bits per heavy atom. The number of cyclic esters (lactones) is 1. The van der Waals surface area contributed by atoms with E-state index in [0.29, 0.717) is 25.1 Å². The molecule has 0 amide bonds. The van der Waals surface area contributed by atoms with E-state index in [1.807, 2.05) is 65.0 Å². The summed E-state index contributed by atoms with van der Waals surface area (Å²) < 4.78 is 45.2. The third-order valence-corrected chi connectivity index (χ3v) is 12.7. The first-order chi connectivity index (χ1) is 25.8. The van der Waals surface area contributed by atoms with Crippen molar-refractivity contribution < 1.29 is 58.4 Å². The molecule has 5 unspecified atom stereocenters. The fourth-order valence-corrected chi connectivity index (χ4v) is 9.28. The third-order valence-electron chi connectivity index (χ3n) is 12.7. The summed E-state index contributed by atoms with van der Waals surface area (Å²) in [5, 5.41) is 49.2. The molecule has 13 nitrogen and oxygen atoms in total. The van der Waals surface area contributed by atoms with Gasteiger partial charge in [-0.15, -0.1) is 0 Å². The lowest BCUT2D eigenvalue weighted by molar-refractivity contribution is -0.314. The van der Waals surface area contributed by atoms with Crippen LogP contribution in [0.1, 0.15) is 100 Å². The molecule has 5 N–H and O–H groups in total. The molecule has 1 aromatic carbocycles. The third kappa shape index (κ3) is 9.11. The van der Waals surface area contributed by atoms with Gasteiger partial charge in [0.25, 0.3) is 0 Å². The van der Waals surface area contributed by atoms with Gasteiger partial charge < -0.3 is 58.9 Å². The van der Waals surface area contributed by atoms with Crippen LogP contribution in [-0.4, -0.2) is 118 Å². The number of carbonyl (C=O) groups is 1. The highest BCUT2D eigenvalue weighted by Crippen LogP contribution is 2.48. The van der Waals surface area contributed by atoms with Crippen LogP contribution in [0.4, 0.5) is 0 Å². The van der Waals surface area contributed by atoms with Gasteiger partial charge in [0.1, 0.15) is 41.4 Å². The largest absolute Gasteiger partial charge is 0.488 e. The first-order valence-electron chi connectivity index (χ1n) is 20.1. The molecule has 4 heterocycles. The number of aliphatic hydroxyl groups excluding tert-OH is 3. The minimum atomic E-state index is -1.83. The van der Waals surface area contributed by atoms with Crippen molar-refractivity contribution in [2.24, 2.45) is 17.8 Å². The molecule has 0 radical (unpaired) electrons. The normalized spacial score (nSPS) is 43.2. The van der Waals surface area contributed by atoms with Crippen molar-refractivity contribution in [1.29, 1.82) is 0 Å². The molecule has 0 spiro atoms. The number of benzene rings is 1. The maximum absolute atomic E-state index is 14.4. The van der Waals surface area contributed by atoms with E-state index in [4.69, 9.17) is 33.2 Å². The van der Waals surface area contributed by atoms with E-state index in [0.717, 1.165) is 11.1 Å². The maximum Gasteiger partial charge on any atom is 0.311 e. The molecular formula is C42H67NO12. The summed E-state index contributed by atoms with van der Waals surface area (Å²) in [4.78, 5) is 14.4. The van der Waals surface area contributed by atoms with E-state index in [2.05, 4.69) is 5.32 Å². The van der Waals surface area contributed by atoms with Gasteiger partial charge in [-0.3, -0.25) is 4.79 Å². The highest BCUT2D eigenvalue weighted by atomic mass is 16.7. The van der Waals surface area contributed by atoms with Gasteiger partial charge >= 0.3 is 5.97 Å². The molecule has 3 fully saturated rings. The summed E-state index contributed by atoms with van der Waals surface area (Å²) >= 11 is 0. The Hall–Kier alpha value is -2.17. The number of hydrogen-bond donors (Lipinski definition) is 5. The van der Waals surface area contributed by atoms with Gasteiger partial charge in [0.2, 0.25) is 0 Å². The molecule has 0 saturated carbocycles. The molecule has 13 heteroatoms. The molecule has 4 aliphatic rings. The number of methoxy groups -OCH3 is 1. The summed E-state index contributed by atoms with van der Waals surface area (Å²) in [6.07, 6.45) is -7.62. The zero-order valence-corrected chi connectivity index (χ0v) is 34.6. The van der Waals surface area contributed by atoms with Crippen molar-refractivity contribution >= 4 is 5.97 Å². The van der Waals surface area contributed by atoms with Gasteiger partial charge in [-0.25, -0.2) is 0 Å². The Bertz CT molecular complexity index is 1480. The quantitative estimate of drug-likeness (QED) is 0.203. The topological polar surface area (TPSA) is 175 Å². The van der Waals surface area contributed by atoms with Crippen molar-refractivity contribution in [3.63, 3.8) is 0 Å². The van der Waals surface area contributed by atoms with E-state index in [1.165, 1.54) is 14.0 Å². The van der Waals surface area contributed by atoms with Crippen LogP contribution in [0.3, 0.4) is 0 Å². The Morgan fingerprint density at radius 2 is 1.71 bits per heavy atom. The molecule has 5 rings (SSSR count). The second kappa shape index (κ2) is 17.4. The Labute approximate surface area is 327 Å². The van der Waals surface area contributed by atoms with Gasteiger partial charge in [0.15, 0.2) is 12.6 Å². The lowest BCUT2D eigenvalue weighted by Crippen LogP contribution is -2.60. The molecule has 2 bridgehead atoms. The summed E-state index contributed by atoms with van der Waals surface area (Å²) in [6.45, 7) is 18.6. The molecule has 17 atom stereocenters. The average molecular weight is 778 g/mol. The second-order valence-electron chi connectivity index (χ2n) is 17.3. The molecule has 0 aromatic heterocycles. The number of fused-ring (bicyclic) bond motifs is 2. The number of nitrogens with one attached hydrogen (secondary N) is 1. The standard InChI is InChI=1S/C42H67NO12/c1-12-30(44)42(10,48)37-24(4)33-22(2)19-41(9,55-33)36(54-39-32(45)29(18-23(3)50-39)43-21-28-16-14-13-15-17-28)25(5)34(26(6)38(47)53-37)52-31-20-40(8,49-11)35(46)27(7)51-31/h13-17,23-27,29-32,34-37,39,43-46,48H,12,18-21H2,1-11H3/t23?,24-,25-,26+,27?,29?,30+,31-,32?,34-,35-,36+,37+,39-,40?,41+,42+/m0/s1. The number of rotatable bonds is 11. The lowest BCUT2D eigenvalue weighted by Gasteiger charge is -2.48. The Morgan fingerprint density at radius 1 is 1.04 bits per heavy atom. The van der Waals surface area contributed by atoms with E-state index in [9.17, 15) is 25.2 Å². The van der Waals surface area contributed by atoms with Crippen LogP contribution >= 0.6 is 0 Å². The molecule has 1 aromatic rings. The van der Waals surface area contributed by atoms with E-state index in [-0.39, 0.29) is 25.0 Å². The average Bonchev–Trinajstić information content (AvgIpc) is 3.47. The zero-order valence-electron chi connectivity index (χ0n) is 34.6. The van der Waals surface area contributed by atoms with Gasteiger partial charge in [0.05, 0.1) is 41.9 Å². The highest BCUT2D eigenvalue weighted by Gasteiger charge is 2.57. The van der Waals surface area contributed by atoms with Crippen LogP contribution in [0.25, 0.3) is 0 Å². The number of hydrogen-bond acceptors (Lipinski definition) is 13. The van der Waals surface area contributed by atoms with Crippen LogP contribution in [0.15, 0.2) is 41.7 Å². The van der Waals surface area contributed by atoms with Gasteiger partial charge in [-0.2, -0.15) is 0 Å². The smallest absolute Gasteiger partial charge is 0.311 e. The molecule has 55 heavy (non-hydrogen) atoms. The lowest BCUT2D eigenvalue weighted by atomic mass is 9.78. The van der Waals surface area contributed by atoms with Crippen molar-refractivity contribution in [2.75, 3.05) is 7.11 Å². The minimum absolute atomic E-state index is 0.165. The van der Waals surface area contributed by atoms with Gasteiger partial charge in [-0.05, 0) is 72.4 Å². The monoisotopic (exact) mass is 777 g/mol. The fourth-order valence-electron chi connectivity index (χ4n) is 9.28. The first-order valence-corrected chi connectivity index (χ1v) is 20.1. The summed E-state index contributed by atoms with van der Waals surface area (Å²) in [5.74, 6) is -2.33. The van der Waals surface area contributed by atoms with Gasteiger partial charge in [-0.1, -0.05) is 51.1 Å². The predicted molar refractivity (Wildman–Crippen MR) is 203 cm³/mol. The van der Waals surface area contributed by atoms with Crippen LogP contribution < -0.4 is 5.32 Å². The maximum atomic E-state index is 14.4. The number of carbonyl (C=O) groups excluding carboxylic acids is 1. The molecule has 4 aliphatic heterocycles. The van der Waals surface area contributed by atoms with Crippen molar-refractivity contribution in [1.82, 2.24) is 5.32 Å². The highest BCUT2D eigenvalue weighted by molar-refractivity contribution is 5.73. The summed E-state index contributed by atoms with van der Waals surface area (Å²) in [7, 11) is 1.53. The first kappa shape index (κ1) is 43.9. The number of ether oxygens (including phenoxy) is 7. The van der Waals surface area contributed by atoms with E-state index < -0.39 is 95.8 Å². The Balaban J connectivity index is 1.54. The van der Waals surface area contributed by atoms with Crippen molar-refractivity contribution in [3.05, 3.63) is 47.2 Å². The van der Waals surface area contributed by atoms with Crippen LogP contribution in [-0.2, 0) is 44.5 Å². The van der Waals surface area contributed by atoms with E-state index >= 15 is 0 Å². The fraction of sp³-hybridized carbons (Fsp3) is 0.786. The van der Waals surface area contributed by atoms with Crippen LogP contribution in [0, 0.1) is 17.8 Å². The number of esters is 1. The summed E-state index contributed by atoms with van der Waals surface area (Å²) in [5.41, 5.74) is -1.93. The van der Waals surface area contributed by atoms with Crippen molar-refractivity contribution in [3.8, 4) is 0 Å². The zero-order chi connectivity index (χ0) is 40.6. The predicted octanol–water partition coefficient (Wildman–Crippen LogP) is 4.12. The van der Waals surface area contributed by atoms with Crippen molar-refractivity contribution in [2.45, 2.75) is 186 Å². The minimum Gasteiger partial charge on any atom is -0.488 e. The van der Waals surface area contributed by atoms with E-state index in [1.54, 1.807) is 27.7 Å². The molecule has 0 aliphatic carbocycles.